The molecule has 0 radical (unpaired) electrons. The molecule has 3 N–H and O–H groups in total. The highest BCUT2D eigenvalue weighted by Gasteiger charge is 2.11. The fourth-order valence-electron chi connectivity index (χ4n) is 2.11. The number of nitrogens with one attached hydrogen (secondary N) is 1. The molecule has 0 saturated carbocycles. The molecule has 4 nitrogen and oxygen atoms in total. The molecule has 0 atom stereocenters. The molecular weight excluding hydrogens is 288 g/mol. The first-order chi connectivity index (χ1) is 10.8. The van der Waals surface area contributed by atoms with Crippen LogP contribution in [-0.4, -0.2) is 11.5 Å². The summed E-state index contributed by atoms with van der Waals surface area (Å²) in [5.41, 5.74) is 8.11. The molecule has 4 heteroatoms. The molecule has 0 aromatic heterocycles. The van der Waals surface area contributed by atoms with Crippen LogP contribution in [0.25, 0.3) is 0 Å². The molecule has 23 heavy (non-hydrogen) atoms. The van der Waals surface area contributed by atoms with Gasteiger partial charge in [0.1, 0.15) is 11.4 Å². The van der Waals surface area contributed by atoms with Gasteiger partial charge in [0, 0.05) is 12.2 Å². The van der Waals surface area contributed by atoms with Crippen LogP contribution in [-0.2, 0) is 17.8 Å². The summed E-state index contributed by atoms with van der Waals surface area (Å²) >= 11 is 0. The molecular formula is C19H24N2O2. The maximum absolute atomic E-state index is 12.0. The number of nitrogens with two attached hydrogens (primary N) is 1. The number of carbonyl (C=O) groups excluding carboxylic acids is 1. The third-order valence-electron chi connectivity index (χ3n) is 3.18. The Bertz CT molecular complexity index is 641. The third kappa shape index (κ3) is 6.02. The van der Waals surface area contributed by atoms with Crippen molar-refractivity contribution in [2.45, 2.75) is 39.3 Å². The van der Waals surface area contributed by atoms with Crippen LogP contribution in [0.1, 0.15) is 31.9 Å². The molecule has 0 aliphatic rings. The topological polar surface area (TPSA) is 64.3 Å². The smallest absolute Gasteiger partial charge is 0.224 e. The molecule has 2 aromatic rings. The van der Waals surface area contributed by atoms with E-state index < -0.39 is 0 Å². The van der Waals surface area contributed by atoms with Gasteiger partial charge in [-0.2, -0.15) is 0 Å². The lowest BCUT2D eigenvalue weighted by atomic mass is 10.1. The Kier molecular flexibility index (Phi) is 5.27. The molecule has 0 unspecified atom stereocenters. The first-order valence-electron chi connectivity index (χ1n) is 7.71. The van der Waals surface area contributed by atoms with Gasteiger partial charge in [0.25, 0.3) is 0 Å². The second-order valence-electron chi connectivity index (χ2n) is 6.55. The van der Waals surface area contributed by atoms with Gasteiger partial charge in [0.15, 0.2) is 0 Å². The van der Waals surface area contributed by atoms with E-state index in [1.54, 1.807) is 12.1 Å². The Hall–Kier alpha value is -2.49. The van der Waals surface area contributed by atoms with Crippen LogP contribution in [0.3, 0.4) is 0 Å². The zero-order chi connectivity index (χ0) is 16.9. The summed E-state index contributed by atoms with van der Waals surface area (Å²) in [6, 6.07) is 15.1. The van der Waals surface area contributed by atoms with E-state index in [0.29, 0.717) is 18.7 Å². The predicted octanol–water partition coefficient (Wildman–Crippen LogP) is 3.31. The van der Waals surface area contributed by atoms with E-state index in [1.165, 1.54) is 0 Å². The summed E-state index contributed by atoms with van der Waals surface area (Å²) in [4.78, 5) is 12.0. The number of nitrogen functional groups attached to an aromatic ring is 1. The number of hydrogen-bond donors (Lipinski definition) is 2. The Morgan fingerprint density at radius 2 is 1.57 bits per heavy atom. The number of anilines is 1. The van der Waals surface area contributed by atoms with Crippen molar-refractivity contribution in [3.63, 3.8) is 0 Å². The Morgan fingerprint density at radius 1 is 1.00 bits per heavy atom. The minimum atomic E-state index is -0.213. The zero-order valence-electron chi connectivity index (χ0n) is 13.9. The van der Waals surface area contributed by atoms with Gasteiger partial charge >= 0.3 is 0 Å². The maximum Gasteiger partial charge on any atom is 0.224 e. The van der Waals surface area contributed by atoms with Crippen LogP contribution < -0.4 is 15.8 Å². The number of carbonyl (C=O) groups is 1. The monoisotopic (exact) mass is 312 g/mol. The summed E-state index contributed by atoms with van der Waals surface area (Å²) in [6.45, 7) is 6.54. The quantitative estimate of drug-likeness (QED) is 0.833. The van der Waals surface area contributed by atoms with E-state index in [0.717, 1.165) is 16.9 Å². The zero-order valence-corrected chi connectivity index (χ0v) is 13.9. The summed E-state index contributed by atoms with van der Waals surface area (Å²) in [5, 5.41) is 2.92. The Labute approximate surface area is 137 Å². The fourth-order valence-corrected chi connectivity index (χ4v) is 2.11. The molecule has 2 rings (SSSR count). The Morgan fingerprint density at radius 3 is 2.13 bits per heavy atom. The minimum Gasteiger partial charge on any atom is -0.488 e. The molecule has 0 heterocycles. The number of amides is 1. The molecule has 1 amide bonds. The minimum absolute atomic E-state index is 0.00945. The van der Waals surface area contributed by atoms with Crippen molar-refractivity contribution in [3.05, 3.63) is 59.7 Å². The van der Waals surface area contributed by atoms with Crippen molar-refractivity contribution in [1.29, 1.82) is 0 Å². The predicted molar refractivity (Wildman–Crippen MR) is 93.2 cm³/mol. The number of benzene rings is 2. The van der Waals surface area contributed by atoms with Gasteiger partial charge in [-0.3, -0.25) is 4.79 Å². The lowest BCUT2D eigenvalue weighted by molar-refractivity contribution is -0.120. The largest absolute Gasteiger partial charge is 0.488 e. The van der Waals surface area contributed by atoms with E-state index >= 15 is 0 Å². The summed E-state index contributed by atoms with van der Waals surface area (Å²) in [5.74, 6) is 0.819. The summed E-state index contributed by atoms with van der Waals surface area (Å²) < 4.78 is 5.77. The highest BCUT2D eigenvalue weighted by atomic mass is 16.5. The second-order valence-corrected chi connectivity index (χ2v) is 6.55. The summed E-state index contributed by atoms with van der Waals surface area (Å²) in [7, 11) is 0. The lowest BCUT2D eigenvalue weighted by Crippen LogP contribution is -2.24. The van der Waals surface area contributed by atoms with E-state index in [4.69, 9.17) is 10.5 Å². The lowest BCUT2D eigenvalue weighted by Gasteiger charge is -2.21. The first-order valence-corrected chi connectivity index (χ1v) is 7.71. The number of rotatable bonds is 5. The van der Waals surface area contributed by atoms with Crippen molar-refractivity contribution >= 4 is 11.6 Å². The molecule has 2 aromatic carbocycles. The second kappa shape index (κ2) is 7.18. The molecule has 122 valence electrons. The SMILES string of the molecule is CC(C)(C)Oc1ccc(CNC(=O)Cc2ccc(N)cc2)cc1. The maximum atomic E-state index is 12.0. The summed E-state index contributed by atoms with van der Waals surface area (Å²) in [6.07, 6.45) is 0.353. The van der Waals surface area contributed by atoms with Crippen LogP contribution in [0.5, 0.6) is 5.75 Å². The van der Waals surface area contributed by atoms with Crippen molar-refractivity contribution in [2.75, 3.05) is 5.73 Å². The molecule has 0 aliphatic carbocycles. The van der Waals surface area contributed by atoms with Crippen molar-refractivity contribution < 1.29 is 9.53 Å². The van der Waals surface area contributed by atoms with Crippen LogP contribution in [0, 0.1) is 0 Å². The van der Waals surface area contributed by atoms with Crippen LogP contribution in [0.15, 0.2) is 48.5 Å². The van der Waals surface area contributed by atoms with Gasteiger partial charge in [-0.15, -0.1) is 0 Å². The van der Waals surface area contributed by atoms with E-state index in [-0.39, 0.29) is 11.5 Å². The van der Waals surface area contributed by atoms with Gasteiger partial charge < -0.3 is 15.8 Å². The van der Waals surface area contributed by atoms with Gasteiger partial charge in [-0.25, -0.2) is 0 Å². The van der Waals surface area contributed by atoms with Crippen LogP contribution >= 0.6 is 0 Å². The first kappa shape index (κ1) is 16.9. The van der Waals surface area contributed by atoms with Crippen LogP contribution in [0.2, 0.25) is 0 Å². The average Bonchev–Trinajstić information content (AvgIpc) is 2.47. The molecule has 0 aliphatic heterocycles. The van der Waals surface area contributed by atoms with Gasteiger partial charge in [0.2, 0.25) is 5.91 Å². The number of ether oxygens (including phenoxy) is 1. The van der Waals surface area contributed by atoms with Crippen molar-refractivity contribution in [2.24, 2.45) is 0 Å². The van der Waals surface area contributed by atoms with Crippen molar-refractivity contribution in [1.82, 2.24) is 5.32 Å². The molecule has 0 fully saturated rings. The van der Waals surface area contributed by atoms with E-state index in [2.05, 4.69) is 5.32 Å². The normalized spacial score (nSPS) is 11.1. The molecule has 0 saturated heterocycles. The van der Waals surface area contributed by atoms with Gasteiger partial charge in [-0.1, -0.05) is 24.3 Å². The third-order valence-corrected chi connectivity index (χ3v) is 3.18. The highest BCUT2D eigenvalue weighted by Crippen LogP contribution is 2.18. The number of hydrogen-bond acceptors (Lipinski definition) is 3. The van der Waals surface area contributed by atoms with E-state index in [9.17, 15) is 4.79 Å². The van der Waals surface area contributed by atoms with Gasteiger partial charge in [0.05, 0.1) is 6.42 Å². The van der Waals surface area contributed by atoms with E-state index in [1.807, 2.05) is 57.2 Å². The van der Waals surface area contributed by atoms with Crippen LogP contribution in [0.4, 0.5) is 5.69 Å². The van der Waals surface area contributed by atoms with Gasteiger partial charge in [-0.05, 0) is 56.2 Å². The molecule has 0 bridgehead atoms. The fraction of sp³-hybridized carbons (Fsp3) is 0.316. The highest BCUT2D eigenvalue weighted by molar-refractivity contribution is 5.78. The standard InChI is InChI=1S/C19H24N2O2/c1-19(2,3)23-17-10-6-15(7-11-17)13-21-18(22)12-14-4-8-16(20)9-5-14/h4-11H,12-13,20H2,1-3H3,(H,21,22). The van der Waals surface area contributed by atoms with Crippen molar-refractivity contribution in [3.8, 4) is 5.75 Å². The Balaban J connectivity index is 1.83. The average molecular weight is 312 g/mol. The molecule has 0 spiro atoms.